The second kappa shape index (κ2) is 11.8. The lowest BCUT2D eigenvalue weighted by Gasteiger charge is -2.18. The molecular formula is C49H34N2. The van der Waals surface area contributed by atoms with Crippen molar-refractivity contribution in [3.63, 3.8) is 0 Å². The number of aryl methyl sites for hydroxylation is 1. The molecule has 0 saturated heterocycles. The zero-order valence-electron chi connectivity index (χ0n) is 28.3. The van der Waals surface area contributed by atoms with Crippen LogP contribution in [0.2, 0.25) is 0 Å². The largest absolute Gasteiger partial charge is 0.309 e. The third-order valence-electron chi connectivity index (χ3n) is 10.4. The number of aromatic nitrogens is 2. The first-order valence-corrected chi connectivity index (χ1v) is 17.6. The molecule has 0 aliphatic rings. The fraction of sp³-hybridized carbons (Fsp3) is 0.0204. The molecule has 2 nitrogen and oxygen atoms in total. The Morgan fingerprint density at radius 1 is 0.314 bits per heavy atom. The minimum atomic E-state index is 1.14. The summed E-state index contributed by atoms with van der Waals surface area (Å²) in [5, 5.41) is 5.03. The molecule has 10 rings (SSSR count). The minimum Gasteiger partial charge on any atom is -0.309 e. The van der Waals surface area contributed by atoms with Crippen molar-refractivity contribution in [3.05, 3.63) is 194 Å². The maximum absolute atomic E-state index is 2.45. The number of hydrogen-bond acceptors (Lipinski definition) is 0. The summed E-state index contributed by atoms with van der Waals surface area (Å²) in [4.78, 5) is 0. The molecule has 0 saturated carbocycles. The van der Waals surface area contributed by atoms with Crippen LogP contribution in [0.1, 0.15) is 5.56 Å². The zero-order chi connectivity index (χ0) is 33.9. The van der Waals surface area contributed by atoms with E-state index in [1.807, 2.05) is 0 Å². The van der Waals surface area contributed by atoms with Gasteiger partial charge >= 0.3 is 0 Å². The van der Waals surface area contributed by atoms with Gasteiger partial charge in [0.25, 0.3) is 0 Å². The van der Waals surface area contributed by atoms with E-state index in [9.17, 15) is 0 Å². The number of hydrogen-bond donors (Lipinski definition) is 0. The van der Waals surface area contributed by atoms with Crippen molar-refractivity contribution in [1.29, 1.82) is 0 Å². The van der Waals surface area contributed by atoms with Gasteiger partial charge < -0.3 is 9.13 Å². The van der Waals surface area contributed by atoms with Gasteiger partial charge in [0.2, 0.25) is 0 Å². The highest BCUT2D eigenvalue weighted by atomic mass is 15.0. The van der Waals surface area contributed by atoms with Crippen molar-refractivity contribution < 1.29 is 0 Å². The normalized spacial score (nSPS) is 11.6. The maximum Gasteiger partial charge on any atom is 0.0542 e. The quantitative estimate of drug-likeness (QED) is 0.175. The molecule has 10 aromatic rings. The molecule has 0 atom stereocenters. The van der Waals surface area contributed by atoms with E-state index >= 15 is 0 Å². The zero-order valence-corrected chi connectivity index (χ0v) is 28.3. The van der Waals surface area contributed by atoms with E-state index in [4.69, 9.17) is 0 Å². The van der Waals surface area contributed by atoms with Crippen LogP contribution >= 0.6 is 0 Å². The molecule has 0 bridgehead atoms. The highest BCUT2D eigenvalue weighted by molar-refractivity contribution is 6.11. The first-order valence-electron chi connectivity index (χ1n) is 17.6. The topological polar surface area (TPSA) is 9.86 Å². The molecule has 0 spiro atoms. The van der Waals surface area contributed by atoms with Gasteiger partial charge in [0, 0.05) is 32.8 Å². The smallest absolute Gasteiger partial charge is 0.0542 e. The highest BCUT2D eigenvalue weighted by Crippen LogP contribution is 2.40. The summed E-state index contributed by atoms with van der Waals surface area (Å²) in [5.41, 5.74) is 15.6. The van der Waals surface area contributed by atoms with Crippen LogP contribution in [0.15, 0.2) is 188 Å². The first kappa shape index (κ1) is 29.3. The average Bonchev–Trinajstić information content (AvgIpc) is 3.71. The predicted molar refractivity (Wildman–Crippen MR) is 216 cm³/mol. The first-order chi connectivity index (χ1) is 25.2. The summed E-state index contributed by atoms with van der Waals surface area (Å²) < 4.78 is 4.86. The Morgan fingerprint density at radius 3 is 1.24 bits per heavy atom. The standard InChI is InChI=1S/C49H34N2/c1-33-13-10-14-34(29-33)35-15-11-16-36(30-35)37-17-12-18-38(31-37)44-32-39(50-45-23-6-2-19-40(45)41-20-3-7-24-46(41)50)27-28-49(44)51-47-25-8-4-21-42(47)43-22-5-9-26-48(43)51/h2-32H,1H3. The molecule has 51 heavy (non-hydrogen) atoms. The number of nitrogens with zero attached hydrogens (tertiary/aromatic N) is 2. The van der Waals surface area contributed by atoms with Crippen LogP contribution in [0, 0.1) is 6.92 Å². The third kappa shape index (κ3) is 4.80. The fourth-order valence-corrected chi connectivity index (χ4v) is 8.04. The van der Waals surface area contributed by atoms with Crippen LogP contribution in [-0.2, 0) is 0 Å². The molecule has 240 valence electrons. The highest BCUT2D eigenvalue weighted by Gasteiger charge is 2.19. The van der Waals surface area contributed by atoms with Gasteiger partial charge in [-0.1, -0.05) is 139 Å². The number of para-hydroxylation sites is 4. The van der Waals surface area contributed by atoms with E-state index in [0.29, 0.717) is 0 Å². The van der Waals surface area contributed by atoms with E-state index in [2.05, 4.69) is 204 Å². The molecule has 0 aliphatic heterocycles. The van der Waals surface area contributed by atoms with Crippen molar-refractivity contribution in [3.8, 4) is 44.8 Å². The Balaban J connectivity index is 1.23. The molecular weight excluding hydrogens is 617 g/mol. The second-order valence-electron chi connectivity index (χ2n) is 13.5. The Morgan fingerprint density at radius 2 is 0.725 bits per heavy atom. The van der Waals surface area contributed by atoms with Crippen LogP contribution in [0.3, 0.4) is 0 Å². The van der Waals surface area contributed by atoms with Crippen molar-refractivity contribution in [2.75, 3.05) is 0 Å². The molecule has 0 unspecified atom stereocenters. The van der Waals surface area contributed by atoms with Crippen molar-refractivity contribution >= 4 is 43.6 Å². The summed E-state index contributed by atoms with van der Waals surface area (Å²) >= 11 is 0. The van der Waals surface area contributed by atoms with Gasteiger partial charge in [0.1, 0.15) is 0 Å². The van der Waals surface area contributed by atoms with Gasteiger partial charge in [0.05, 0.1) is 27.8 Å². The minimum absolute atomic E-state index is 1.14. The second-order valence-corrected chi connectivity index (χ2v) is 13.5. The molecule has 0 fully saturated rings. The van der Waals surface area contributed by atoms with E-state index in [-0.39, 0.29) is 0 Å². The lowest BCUT2D eigenvalue weighted by atomic mass is 9.95. The van der Waals surface area contributed by atoms with Gasteiger partial charge in [-0.05, 0) is 89.3 Å². The maximum atomic E-state index is 2.45. The Bertz CT molecular complexity index is 2830. The number of fused-ring (bicyclic) bond motifs is 6. The Labute approximate surface area is 297 Å². The summed E-state index contributed by atoms with van der Waals surface area (Å²) in [6.07, 6.45) is 0. The van der Waals surface area contributed by atoms with Gasteiger partial charge in [-0.2, -0.15) is 0 Å². The average molecular weight is 651 g/mol. The SMILES string of the molecule is Cc1cccc(-c2cccc(-c3cccc(-c4cc(-n5c6ccccc6c6ccccc65)ccc4-n4c5ccccc5c5ccccc54)c3)c2)c1. The Kier molecular flexibility index (Phi) is 6.75. The number of benzene rings is 8. The van der Waals surface area contributed by atoms with Crippen LogP contribution < -0.4 is 0 Å². The molecule has 0 aliphatic carbocycles. The molecule has 2 aromatic heterocycles. The summed E-state index contributed by atoms with van der Waals surface area (Å²) in [5.74, 6) is 0. The molecule has 0 radical (unpaired) electrons. The van der Waals surface area contributed by atoms with E-state index in [1.165, 1.54) is 82.6 Å². The monoisotopic (exact) mass is 650 g/mol. The lowest BCUT2D eigenvalue weighted by molar-refractivity contribution is 1.15. The van der Waals surface area contributed by atoms with Crippen LogP contribution in [-0.4, -0.2) is 9.13 Å². The van der Waals surface area contributed by atoms with Crippen molar-refractivity contribution in [2.24, 2.45) is 0 Å². The summed E-state index contributed by atoms with van der Waals surface area (Å²) in [6.45, 7) is 2.15. The van der Waals surface area contributed by atoms with E-state index in [1.54, 1.807) is 0 Å². The summed E-state index contributed by atoms with van der Waals surface area (Å²) in [6, 6.07) is 68.7. The van der Waals surface area contributed by atoms with E-state index < -0.39 is 0 Å². The van der Waals surface area contributed by atoms with Gasteiger partial charge in [0.15, 0.2) is 0 Å². The molecule has 8 aromatic carbocycles. The van der Waals surface area contributed by atoms with Crippen LogP contribution in [0.25, 0.3) is 88.4 Å². The van der Waals surface area contributed by atoms with Gasteiger partial charge in [-0.15, -0.1) is 0 Å². The van der Waals surface area contributed by atoms with Gasteiger partial charge in [-0.3, -0.25) is 0 Å². The number of rotatable bonds is 5. The summed E-state index contributed by atoms with van der Waals surface area (Å²) in [7, 11) is 0. The van der Waals surface area contributed by atoms with Gasteiger partial charge in [-0.25, -0.2) is 0 Å². The van der Waals surface area contributed by atoms with Crippen LogP contribution in [0.4, 0.5) is 0 Å². The van der Waals surface area contributed by atoms with Crippen molar-refractivity contribution in [2.45, 2.75) is 6.92 Å². The predicted octanol–water partition coefficient (Wildman–Crippen LogP) is 13.2. The third-order valence-corrected chi connectivity index (χ3v) is 10.4. The fourth-order valence-electron chi connectivity index (χ4n) is 8.04. The molecule has 0 N–H and O–H groups in total. The molecule has 0 amide bonds. The molecule has 2 heteroatoms. The van der Waals surface area contributed by atoms with Crippen LogP contribution in [0.5, 0.6) is 0 Å². The Hall–Kier alpha value is -6.64. The lowest BCUT2D eigenvalue weighted by Crippen LogP contribution is -2.01. The van der Waals surface area contributed by atoms with Crippen molar-refractivity contribution in [1.82, 2.24) is 9.13 Å². The molecule has 2 heterocycles. The van der Waals surface area contributed by atoms with E-state index in [0.717, 1.165) is 11.4 Å².